The van der Waals surface area contributed by atoms with Gasteiger partial charge in [0.05, 0.1) is 0 Å². The number of alkyl halides is 6. The van der Waals surface area contributed by atoms with Gasteiger partial charge in [-0.25, -0.2) is 0 Å². The van der Waals surface area contributed by atoms with Gasteiger partial charge in [0, 0.05) is 5.56 Å². The van der Waals surface area contributed by atoms with E-state index in [0.29, 0.717) is 11.1 Å². The van der Waals surface area contributed by atoms with Gasteiger partial charge in [-0.3, -0.25) is 4.79 Å². The molecule has 0 atom stereocenters. The number of benzene rings is 1. The molecule has 0 radical (unpaired) electrons. The zero-order valence-electron chi connectivity index (χ0n) is 11.8. The fraction of sp³-hybridized carbons (Fsp3) is 0.500. The van der Waals surface area contributed by atoms with E-state index in [-0.39, 0.29) is 11.1 Å². The van der Waals surface area contributed by atoms with Crippen LogP contribution in [0.2, 0.25) is 0 Å². The van der Waals surface area contributed by atoms with Crippen LogP contribution in [0.25, 0.3) is 0 Å². The molecular formula is C14H14F6O. The van der Waals surface area contributed by atoms with Gasteiger partial charge < -0.3 is 0 Å². The number of rotatable bonds is 2. The fourth-order valence-electron chi connectivity index (χ4n) is 2.21. The summed E-state index contributed by atoms with van der Waals surface area (Å²) in [4.78, 5) is 11.9. The zero-order valence-corrected chi connectivity index (χ0v) is 11.8. The van der Waals surface area contributed by atoms with Crippen molar-refractivity contribution in [3.63, 3.8) is 0 Å². The molecule has 0 aliphatic heterocycles. The highest BCUT2D eigenvalue weighted by molar-refractivity contribution is 6.02. The minimum atomic E-state index is -5.67. The van der Waals surface area contributed by atoms with Crippen molar-refractivity contribution in [2.45, 2.75) is 40.0 Å². The van der Waals surface area contributed by atoms with E-state index in [0.717, 1.165) is 0 Å². The van der Waals surface area contributed by atoms with Gasteiger partial charge >= 0.3 is 12.4 Å². The molecule has 0 amide bonds. The molecule has 0 fully saturated rings. The Balaban J connectivity index is 3.56. The Labute approximate surface area is 118 Å². The van der Waals surface area contributed by atoms with Crippen molar-refractivity contribution in [2.24, 2.45) is 5.92 Å². The molecule has 1 aromatic rings. The first-order chi connectivity index (χ1) is 9.28. The second-order valence-electron chi connectivity index (χ2n) is 5.02. The highest BCUT2D eigenvalue weighted by atomic mass is 19.4. The Morgan fingerprint density at radius 1 is 0.857 bits per heavy atom. The number of carbonyl (C=O) groups is 1. The lowest BCUT2D eigenvalue weighted by Gasteiger charge is -2.24. The summed E-state index contributed by atoms with van der Waals surface area (Å²) in [6, 6.07) is 1.62. The average molecular weight is 312 g/mol. The molecule has 0 aromatic heterocycles. The molecule has 7 heteroatoms. The topological polar surface area (TPSA) is 17.1 Å². The van der Waals surface area contributed by atoms with Crippen LogP contribution in [0.5, 0.6) is 0 Å². The molecule has 0 spiro atoms. The normalized spacial score (nSPS) is 12.9. The summed E-state index contributed by atoms with van der Waals surface area (Å²) in [6.07, 6.45) is -11.3. The molecule has 0 N–H and O–H groups in total. The highest BCUT2D eigenvalue weighted by Crippen LogP contribution is 2.42. The summed E-state index contributed by atoms with van der Waals surface area (Å²) < 4.78 is 76.1. The van der Waals surface area contributed by atoms with Crippen LogP contribution in [-0.4, -0.2) is 18.1 Å². The largest absolute Gasteiger partial charge is 0.407 e. The van der Waals surface area contributed by atoms with Crippen LogP contribution in [-0.2, 0) is 0 Å². The molecule has 0 unspecified atom stereocenters. The second kappa shape index (κ2) is 5.35. The fourth-order valence-corrected chi connectivity index (χ4v) is 2.21. The molecule has 0 saturated heterocycles. The maximum absolute atomic E-state index is 12.7. The molecule has 0 aliphatic rings. The predicted molar refractivity (Wildman–Crippen MR) is 65.3 cm³/mol. The molecule has 1 nitrogen and oxygen atoms in total. The van der Waals surface area contributed by atoms with Crippen LogP contribution in [0.1, 0.15) is 32.6 Å². The van der Waals surface area contributed by atoms with Crippen LogP contribution in [0.4, 0.5) is 26.3 Å². The summed E-state index contributed by atoms with van der Waals surface area (Å²) in [6.45, 7) is 5.76. The summed E-state index contributed by atoms with van der Waals surface area (Å²) in [5.41, 5.74) is 0.740. The van der Waals surface area contributed by atoms with Crippen molar-refractivity contribution >= 4 is 5.78 Å². The Hall–Kier alpha value is -1.53. The lowest BCUT2D eigenvalue weighted by atomic mass is 9.86. The quantitative estimate of drug-likeness (QED) is 0.564. The highest BCUT2D eigenvalue weighted by Gasteiger charge is 2.61. The van der Waals surface area contributed by atoms with Gasteiger partial charge in [0.1, 0.15) is 0 Å². The van der Waals surface area contributed by atoms with Crippen LogP contribution in [0.15, 0.2) is 6.07 Å². The zero-order chi connectivity index (χ0) is 16.7. The number of halogens is 6. The lowest BCUT2D eigenvalue weighted by Crippen LogP contribution is -2.43. The minimum absolute atomic E-state index is 0.140. The Kier molecular flexibility index (Phi) is 4.46. The number of carbonyl (C=O) groups excluding carboxylic acids is 1. The third-order valence-electron chi connectivity index (χ3n) is 3.53. The molecular weight excluding hydrogens is 298 g/mol. The third kappa shape index (κ3) is 3.39. The van der Waals surface area contributed by atoms with Crippen LogP contribution >= 0.6 is 0 Å². The van der Waals surface area contributed by atoms with E-state index < -0.39 is 29.6 Å². The minimum Gasteiger partial charge on any atom is -0.293 e. The summed E-state index contributed by atoms with van der Waals surface area (Å²) in [5, 5.41) is 0. The molecule has 0 saturated carbocycles. The molecule has 0 heterocycles. The van der Waals surface area contributed by atoms with Crippen molar-refractivity contribution < 1.29 is 31.1 Å². The Bertz CT molecular complexity index is 528. The molecule has 0 bridgehead atoms. The van der Waals surface area contributed by atoms with E-state index in [1.807, 2.05) is 0 Å². The van der Waals surface area contributed by atoms with E-state index in [2.05, 4.69) is 0 Å². The van der Waals surface area contributed by atoms with Crippen LogP contribution in [0.3, 0.4) is 0 Å². The molecule has 0 aliphatic carbocycles. The van der Waals surface area contributed by atoms with Gasteiger partial charge in [-0.05, 0) is 49.9 Å². The van der Waals surface area contributed by atoms with Crippen LogP contribution < -0.4 is 0 Å². The Morgan fingerprint density at radius 2 is 1.19 bits per heavy atom. The lowest BCUT2D eigenvalue weighted by molar-refractivity contribution is -0.264. The molecule has 118 valence electrons. The average Bonchev–Trinajstić information content (AvgIpc) is 2.22. The first kappa shape index (κ1) is 17.5. The van der Waals surface area contributed by atoms with Gasteiger partial charge in [0.15, 0.2) is 5.78 Å². The smallest absolute Gasteiger partial charge is 0.293 e. The monoisotopic (exact) mass is 312 g/mol. The van der Waals surface area contributed by atoms with E-state index in [1.54, 1.807) is 6.07 Å². The van der Waals surface area contributed by atoms with Gasteiger partial charge in [-0.2, -0.15) is 26.3 Å². The van der Waals surface area contributed by atoms with E-state index in [1.165, 1.54) is 27.7 Å². The van der Waals surface area contributed by atoms with Crippen LogP contribution in [0, 0.1) is 33.6 Å². The van der Waals surface area contributed by atoms with Gasteiger partial charge in [0.2, 0.25) is 5.92 Å². The molecule has 1 aromatic carbocycles. The number of Topliss-reactive ketones (excluding diaryl/α,β-unsaturated/α-hetero) is 1. The SMILES string of the molecule is Cc1cc(C)c(C)c(C(=O)C(C(F)(F)F)C(F)(F)F)c1C. The van der Waals surface area contributed by atoms with Crippen molar-refractivity contribution in [3.05, 3.63) is 33.9 Å². The van der Waals surface area contributed by atoms with E-state index in [4.69, 9.17) is 0 Å². The van der Waals surface area contributed by atoms with E-state index in [9.17, 15) is 31.1 Å². The molecule has 21 heavy (non-hydrogen) atoms. The standard InChI is InChI=1S/C14H14F6O/c1-6-5-7(2)9(4)10(8(6)3)11(21)12(13(15,16)17)14(18,19)20/h5,12H,1-4H3. The maximum Gasteiger partial charge on any atom is 0.407 e. The van der Waals surface area contributed by atoms with Gasteiger partial charge in [-0.15, -0.1) is 0 Å². The molecule has 1 rings (SSSR count). The first-order valence-electron chi connectivity index (χ1n) is 6.03. The van der Waals surface area contributed by atoms with Crippen molar-refractivity contribution in [1.82, 2.24) is 0 Å². The third-order valence-corrected chi connectivity index (χ3v) is 3.53. The number of aryl methyl sites for hydroxylation is 2. The number of hydrogen-bond donors (Lipinski definition) is 0. The summed E-state index contributed by atoms with van der Waals surface area (Å²) in [7, 11) is 0. The Morgan fingerprint density at radius 3 is 1.48 bits per heavy atom. The summed E-state index contributed by atoms with van der Waals surface area (Å²) >= 11 is 0. The number of hydrogen-bond acceptors (Lipinski definition) is 1. The number of ketones is 1. The van der Waals surface area contributed by atoms with Gasteiger partial charge in [-0.1, -0.05) is 6.07 Å². The summed E-state index contributed by atoms with van der Waals surface area (Å²) in [5.74, 6) is -5.94. The first-order valence-corrected chi connectivity index (χ1v) is 6.03. The predicted octanol–water partition coefficient (Wildman–Crippen LogP) is 4.84. The maximum atomic E-state index is 12.7. The van der Waals surface area contributed by atoms with Crippen molar-refractivity contribution in [2.75, 3.05) is 0 Å². The second-order valence-corrected chi connectivity index (χ2v) is 5.02. The van der Waals surface area contributed by atoms with Gasteiger partial charge in [0.25, 0.3) is 0 Å². The van der Waals surface area contributed by atoms with E-state index >= 15 is 0 Å². The van der Waals surface area contributed by atoms with Crippen molar-refractivity contribution in [1.29, 1.82) is 0 Å². The van der Waals surface area contributed by atoms with Crippen molar-refractivity contribution in [3.8, 4) is 0 Å².